The average molecular weight is 216 g/mol. The van der Waals surface area contributed by atoms with Crippen LogP contribution in [0.2, 0.25) is 0 Å². The minimum atomic E-state index is -0.605. The molecule has 0 radical (unpaired) electrons. The van der Waals surface area contributed by atoms with Gasteiger partial charge in [0.1, 0.15) is 11.6 Å². The normalized spacial score (nSPS) is 12.5. The van der Waals surface area contributed by atoms with Crippen LogP contribution in [0.25, 0.3) is 0 Å². The molecule has 0 heterocycles. The van der Waals surface area contributed by atoms with Crippen LogP contribution in [0.4, 0.5) is 8.78 Å². The third-order valence-corrected chi connectivity index (χ3v) is 2.57. The summed E-state index contributed by atoms with van der Waals surface area (Å²) in [5, 5.41) is 6.66. The van der Waals surface area contributed by atoms with Crippen molar-refractivity contribution in [2.24, 2.45) is 5.73 Å². The summed E-state index contributed by atoms with van der Waals surface area (Å²) in [5.41, 5.74) is 5.51. The van der Waals surface area contributed by atoms with E-state index in [1.54, 1.807) is 6.92 Å². The summed E-state index contributed by atoms with van der Waals surface area (Å²) in [5.74, 6) is -1.21. The maximum atomic E-state index is 13.2. The predicted octanol–water partition coefficient (Wildman–Crippen LogP) is 2.65. The second-order valence-electron chi connectivity index (χ2n) is 2.79. The zero-order valence-electron chi connectivity index (χ0n) is 7.55. The van der Waals surface area contributed by atoms with Crippen LogP contribution in [-0.2, 0) is 0 Å². The van der Waals surface area contributed by atoms with E-state index >= 15 is 0 Å². The van der Waals surface area contributed by atoms with Gasteiger partial charge < -0.3 is 5.73 Å². The number of amidine groups is 1. The first-order valence-corrected chi connectivity index (χ1v) is 4.84. The highest BCUT2D eigenvalue weighted by Crippen LogP contribution is 2.29. The first kappa shape index (κ1) is 11.0. The van der Waals surface area contributed by atoms with Gasteiger partial charge in [0.05, 0.1) is 0 Å². The second-order valence-corrected chi connectivity index (χ2v) is 4.17. The molecule has 1 atom stereocenters. The number of halogens is 2. The van der Waals surface area contributed by atoms with E-state index in [0.29, 0.717) is 5.56 Å². The number of rotatable bonds is 2. The number of hydrogen-bond donors (Lipinski definition) is 2. The summed E-state index contributed by atoms with van der Waals surface area (Å²) in [6.45, 7) is 1.71. The van der Waals surface area contributed by atoms with Crippen molar-refractivity contribution in [3.05, 3.63) is 35.4 Å². The second kappa shape index (κ2) is 4.41. The summed E-state index contributed by atoms with van der Waals surface area (Å²) in [6.07, 6.45) is 0. The van der Waals surface area contributed by atoms with Gasteiger partial charge in [-0.15, -0.1) is 0 Å². The van der Waals surface area contributed by atoms with E-state index < -0.39 is 11.6 Å². The first-order chi connectivity index (χ1) is 6.50. The van der Waals surface area contributed by atoms with Crippen molar-refractivity contribution < 1.29 is 8.78 Å². The molecule has 0 saturated heterocycles. The highest BCUT2D eigenvalue weighted by Gasteiger charge is 2.12. The topological polar surface area (TPSA) is 49.9 Å². The Kier molecular flexibility index (Phi) is 3.46. The predicted molar refractivity (Wildman–Crippen MR) is 54.3 cm³/mol. The Balaban J connectivity index is 2.90. The van der Waals surface area contributed by atoms with Crippen LogP contribution < -0.4 is 5.73 Å². The third kappa shape index (κ3) is 2.70. The molecular formula is C9H10F2N2S. The zero-order valence-corrected chi connectivity index (χ0v) is 8.37. The maximum Gasteiger partial charge on any atom is 0.151 e. The van der Waals surface area contributed by atoms with Gasteiger partial charge in [-0.1, -0.05) is 17.8 Å². The van der Waals surface area contributed by atoms with E-state index in [1.807, 2.05) is 0 Å². The molecule has 0 spiro atoms. The van der Waals surface area contributed by atoms with E-state index in [9.17, 15) is 8.78 Å². The van der Waals surface area contributed by atoms with Gasteiger partial charge in [0.25, 0.3) is 0 Å². The van der Waals surface area contributed by atoms with Crippen molar-refractivity contribution in [3.8, 4) is 0 Å². The number of nitrogens with one attached hydrogen (secondary N) is 1. The summed E-state index contributed by atoms with van der Waals surface area (Å²) < 4.78 is 25.7. The molecule has 0 amide bonds. The van der Waals surface area contributed by atoms with Crippen molar-refractivity contribution >= 4 is 16.9 Å². The first-order valence-electron chi connectivity index (χ1n) is 3.96. The van der Waals surface area contributed by atoms with E-state index in [-0.39, 0.29) is 10.4 Å². The molecular weight excluding hydrogens is 206 g/mol. The van der Waals surface area contributed by atoms with Crippen LogP contribution in [0.3, 0.4) is 0 Å². The van der Waals surface area contributed by atoms with E-state index in [0.717, 1.165) is 17.8 Å². The summed E-state index contributed by atoms with van der Waals surface area (Å²) in [4.78, 5) is 0. The third-order valence-electron chi connectivity index (χ3n) is 1.70. The Hall–Kier alpha value is -1.10. The van der Waals surface area contributed by atoms with Crippen LogP contribution in [0.1, 0.15) is 17.7 Å². The molecule has 0 aliphatic carbocycles. The Bertz CT molecular complexity index is 355. The molecule has 14 heavy (non-hydrogen) atoms. The molecule has 0 saturated carbocycles. The smallest absolute Gasteiger partial charge is 0.151 e. The van der Waals surface area contributed by atoms with Crippen molar-refractivity contribution in [2.75, 3.05) is 0 Å². The number of hydrogen-bond acceptors (Lipinski definition) is 2. The van der Waals surface area contributed by atoms with Crippen LogP contribution in [-0.4, -0.2) is 5.17 Å². The lowest BCUT2D eigenvalue weighted by Gasteiger charge is -2.10. The Morgan fingerprint density at radius 3 is 2.64 bits per heavy atom. The Labute approximate surface area is 85.0 Å². The van der Waals surface area contributed by atoms with Crippen LogP contribution in [0.5, 0.6) is 0 Å². The molecule has 1 unspecified atom stereocenters. The molecule has 3 N–H and O–H groups in total. The molecule has 2 nitrogen and oxygen atoms in total. The fourth-order valence-corrected chi connectivity index (χ4v) is 1.78. The summed E-state index contributed by atoms with van der Waals surface area (Å²) in [7, 11) is 0. The van der Waals surface area contributed by atoms with Crippen LogP contribution >= 0.6 is 11.8 Å². The molecule has 76 valence electrons. The molecule has 1 aromatic carbocycles. The Morgan fingerprint density at radius 2 is 2.14 bits per heavy atom. The van der Waals surface area contributed by atoms with Gasteiger partial charge in [0, 0.05) is 16.9 Å². The van der Waals surface area contributed by atoms with Gasteiger partial charge in [-0.2, -0.15) is 0 Å². The van der Waals surface area contributed by atoms with Crippen molar-refractivity contribution in [1.29, 1.82) is 5.41 Å². The minimum absolute atomic E-state index is 0.0822. The highest BCUT2D eigenvalue weighted by atomic mass is 32.2. The quantitative estimate of drug-likeness (QED) is 0.589. The van der Waals surface area contributed by atoms with Crippen LogP contribution in [0.15, 0.2) is 18.2 Å². The van der Waals surface area contributed by atoms with Gasteiger partial charge >= 0.3 is 0 Å². The Morgan fingerprint density at radius 1 is 1.50 bits per heavy atom. The van der Waals surface area contributed by atoms with Crippen molar-refractivity contribution in [3.63, 3.8) is 0 Å². The lowest BCUT2D eigenvalue weighted by Crippen LogP contribution is -2.07. The number of nitrogens with two attached hydrogens (primary N) is 1. The molecule has 5 heteroatoms. The van der Waals surface area contributed by atoms with Gasteiger partial charge in [0.15, 0.2) is 5.17 Å². The monoisotopic (exact) mass is 216 g/mol. The lowest BCUT2D eigenvalue weighted by molar-refractivity contribution is 0.573. The molecule has 0 aromatic heterocycles. The van der Waals surface area contributed by atoms with Crippen molar-refractivity contribution in [1.82, 2.24) is 0 Å². The summed E-state index contributed by atoms with van der Waals surface area (Å²) >= 11 is 1.03. The number of benzene rings is 1. The molecule has 1 rings (SSSR count). The maximum absolute atomic E-state index is 13.2. The minimum Gasteiger partial charge on any atom is -0.379 e. The van der Waals surface area contributed by atoms with E-state index in [4.69, 9.17) is 11.1 Å². The standard InChI is InChI=1S/C9H10F2N2S/c1-5(14-9(12)13)7-3-2-6(10)4-8(7)11/h2-5H,1H3,(H3,12,13). The largest absolute Gasteiger partial charge is 0.379 e. The van der Waals surface area contributed by atoms with E-state index in [1.165, 1.54) is 12.1 Å². The fraction of sp³-hybridized carbons (Fsp3) is 0.222. The van der Waals surface area contributed by atoms with Gasteiger partial charge in [-0.05, 0) is 13.0 Å². The molecule has 0 fully saturated rings. The molecule has 0 bridgehead atoms. The van der Waals surface area contributed by atoms with Gasteiger partial charge in [-0.3, -0.25) is 5.41 Å². The van der Waals surface area contributed by atoms with Gasteiger partial charge in [0.2, 0.25) is 0 Å². The lowest BCUT2D eigenvalue weighted by atomic mass is 10.1. The fourth-order valence-electron chi connectivity index (χ4n) is 1.09. The molecule has 1 aromatic rings. The van der Waals surface area contributed by atoms with Crippen molar-refractivity contribution in [2.45, 2.75) is 12.2 Å². The highest BCUT2D eigenvalue weighted by molar-refractivity contribution is 8.13. The molecule has 0 aliphatic heterocycles. The number of thioether (sulfide) groups is 1. The zero-order chi connectivity index (χ0) is 10.7. The van der Waals surface area contributed by atoms with Crippen LogP contribution in [0, 0.1) is 17.0 Å². The molecule has 0 aliphatic rings. The SMILES string of the molecule is CC(SC(=N)N)c1ccc(F)cc1F. The average Bonchev–Trinajstić information content (AvgIpc) is 2.01. The van der Waals surface area contributed by atoms with E-state index in [2.05, 4.69) is 0 Å². The van der Waals surface area contributed by atoms with Gasteiger partial charge in [-0.25, -0.2) is 8.78 Å². The summed E-state index contributed by atoms with van der Waals surface area (Å²) in [6, 6.07) is 3.38.